The molecular weight excluding hydrogens is 252 g/mol. The Labute approximate surface area is 109 Å². The summed E-state index contributed by atoms with van der Waals surface area (Å²) in [5.41, 5.74) is 6.08. The van der Waals surface area contributed by atoms with Gasteiger partial charge in [-0.1, -0.05) is 0 Å². The van der Waals surface area contributed by atoms with Crippen LogP contribution < -0.4 is 5.73 Å². The number of thiophene rings is 1. The lowest BCUT2D eigenvalue weighted by atomic mass is 9.94. The van der Waals surface area contributed by atoms with Gasteiger partial charge in [-0.3, -0.25) is 14.5 Å². The van der Waals surface area contributed by atoms with Crippen LogP contribution in [0.4, 0.5) is 0 Å². The summed E-state index contributed by atoms with van der Waals surface area (Å²) in [6.07, 6.45) is 1.28. The van der Waals surface area contributed by atoms with Crippen LogP contribution >= 0.6 is 11.3 Å². The minimum Gasteiger partial charge on any atom is -0.480 e. The summed E-state index contributed by atoms with van der Waals surface area (Å²) >= 11 is 1.49. The van der Waals surface area contributed by atoms with E-state index in [1.807, 2.05) is 21.7 Å². The Morgan fingerprint density at radius 2 is 2.11 bits per heavy atom. The molecule has 2 heterocycles. The number of piperidine rings is 1. The van der Waals surface area contributed by atoms with E-state index < -0.39 is 12.0 Å². The Morgan fingerprint density at radius 1 is 1.44 bits per heavy atom. The quantitative estimate of drug-likeness (QED) is 0.855. The average Bonchev–Trinajstić information content (AvgIpc) is 2.83. The van der Waals surface area contributed by atoms with Gasteiger partial charge in [-0.05, 0) is 35.2 Å². The fourth-order valence-corrected chi connectivity index (χ4v) is 3.06. The second-order valence-electron chi connectivity index (χ2n) is 4.51. The molecule has 0 spiro atoms. The number of likely N-dealkylation sites (tertiary alicyclic amines) is 1. The van der Waals surface area contributed by atoms with Gasteiger partial charge in [0.25, 0.3) is 0 Å². The SMILES string of the molecule is NC(=O)C1CCN(C(C(=O)O)c2ccsc2)CC1. The smallest absolute Gasteiger partial charge is 0.325 e. The topological polar surface area (TPSA) is 83.6 Å². The number of amides is 1. The third-order valence-corrected chi connectivity index (χ3v) is 4.09. The van der Waals surface area contributed by atoms with E-state index in [1.54, 1.807) is 0 Å². The summed E-state index contributed by atoms with van der Waals surface area (Å²) < 4.78 is 0. The van der Waals surface area contributed by atoms with E-state index in [9.17, 15) is 14.7 Å². The van der Waals surface area contributed by atoms with E-state index in [0.717, 1.165) is 5.56 Å². The van der Waals surface area contributed by atoms with Gasteiger partial charge in [0.05, 0.1) is 0 Å². The van der Waals surface area contributed by atoms with Crippen molar-refractivity contribution in [2.45, 2.75) is 18.9 Å². The van der Waals surface area contributed by atoms with Crippen molar-refractivity contribution < 1.29 is 14.7 Å². The molecule has 1 aromatic heterocycles. The van der Waals surface area contributed by atoms with Gasteiger partial charge in [0.15, 0.2) is 0 Å². The number of aliphatic carboxylic acids is 1. The van der Waals surface area contributed by atoms with Crippen molar-refractivity contribution in [1.82, 2.24) is 4.90 Å². The highest BCUT2D eigenvalue weighted by molar-refractivity contribution is 7.08. The molecule has 1 atom stereocenters. The second kappa shape index (κ2) is 5.49. The number of nitrogens with two attached hydrogens (primary N) is 1. The molecule has 0 aromatic carbocycles. The van der Waals surface area contributed by atoms with Gasteiger partial charge in [-0.25, -0.2) is 0 Å². The van der Waals surface area contributed by atoms with Gasteiger partial charge in [0.2, 0.25) is 5.91 Å². The minimum atomic E-state index is -0.842. The van der Waals surface area contributed by atoms with Gasteiger partial charge >= 0.3 is 5.97 Å². The molecule has 1 aliphatic heterocycles. The third kappa shape index (κ3) is 2.70. The molecule has 1 unspecified atom stereocenters. The number of carboxylic acid groups (broad SMARTS) is 1. The summed E-state index contributed by atoms with van der Waals surface area (Å²) in [6, 6.07) is 1.23. The first kappa shape index (κ1) is 13.0. The molecule has 18 heavy (non-hydrogen) atoms. The maximum Gasteiger partial charge on any atom is 0.325 e. The standard InChI is InChI=1S/C12H16N2O3S/c13-11(15)8-1-4-14(5-2-8)10(12(16)17)9-3-6-18-7-9/h3,6-8,10H,1-2,4-5H2,(H2,13,15)(H,16,17). The molecular formula is C12H16N2O3S. The number of carbonyl (C=O) groups excluding carboxylic acids is 1. The molecule has 0 bridgehead atoms. The van der Waals surface area contributed by atoms with Crippen LogP contribution in [0, 0.1) is 5.92 Å². The van der Waals surface area contributed by atoms with Crippen molar-refractivity contribution in [2.75, 3.05) is 13.1 Å². The Bertz CT molecular complexity index is 425. The summed E-state index contributed by atoms with van der Waals surface area (Å²) in [5.74, 6) is -1.24. The lowest BCUT2D eigenvalue weighted by Crippen LogP contribution is -2.42. The van der Waals surface area contributed by atoms with E-state index in [2.05, 4.69) is 0 Å². The molecule has 1 saturated heterocycles. The fourth-order valence-electron chi connectivity index (χ4n) is 2.38. The molecule has 0 radical (unpaired) electrons. The van der Waals surface area contributed by atoms with Crippen LogP contribution in [0.5, 0.6) is 0 Å². The number of hydrogen-bond acceptors (Lipinski definition) is 4. The maximum absolute atomic E-state index is 11.4. The average molecular weight is 268 g/mol. The lowest BCUT2D eigenvalue weighted by molar-refractivity contribution is -0.144. The first-order valence-corrected chi connectivity index (χ1v) is 6.82. The second-order valence-corrected chi connectivity index (χ2v) is 5.29. The fraction of sp³-hybridized carbons (Fsp3) is 0.500. The highest BCUT2D eigenvalue weighted by atomic mass is 32.1. The number of carboxylic acids is 1. The Morgan fingerprint density at radius 3 is 2.56 bits per heavy atom. The van der Waals surface area contributed by atoms with Crippen LogP contribution in [0.1, 0.15) is 24.4 Å². The summed E-state index contributed by atoms with van der Waals surface area (Å²) in [5, 5.41) is 13.1. The molecule has 1 fully saturated rings. The van der Waals surface area contributed by atoms with Gasteiger partial charge in [-0.2, -0.15) is 11.3 Å². The number of nitrogens with zero attached hydrogens (tertiary/aromatic N) is 1. The van der Waals surface area contributed by atoms with Crippen molar-refractivity contribution in [1.29, 1.82) is 0 Å². The molecule has 5 nitrogen and oxygen atoms in total. The summed E-state index contributed by atoms with van der Waals surface area (Å²) in [7, 11) is 0. The van der Waals surface area contributed by atoms with Gasteiger partial charge in [0, 0.05) is 19.0 Å². The predicted molar refractivity (Wildman–Crippen MR) is 68.2 cm³/mol. The van der Waals surface area contributed by atoms with Crippen LogP contribution in [-0.2, 0) is 9.59 Å². The van der Waals surface area contributed by atoms with Crippen molar-refractivity contribution in [2.24, 2.45) is 11.7 Å². The molecule has 0 aliphatic carbocycles. The zero-order valence-electron chi connectivity index (χ0n) is 9.91. The first-order chi connectivity index (χ1) is 8.59. The molecule has 98 valence electrons. The van der Waals surface area contributed by atoms with Gasteiger partial charge < -0.3 is 10.8 Å². The molecule has 6 heteroatoms. The highest BCUT2D eigenvalue weighted by Gasteiger charge is 2.32. The van der Waals surface area contributed by atoms with E-state index >= 15 is 0 Å². The monoisotopic (exact) mass is 268 g/mol. The summed E-state index contributed by atoms with van der Waals surface area (Å²) in [6.45, 7) is 1.20. The largest absolute Gasteiger partial charge is 0.480 e. The molecule has 1 aliphatic rings. The zero-order valence-corrected chi connectivity index (χ0v) is 10.7. The van der Waals surface area contributed by atoms with Crippen molar-refractivity contribution >= 4 is 23.2 Å². The van der Waals surface area contributed by atoms with Gasteiger partial charge in [0.1, 0.15) is 6.04 Å². The van der Waals surface area contributed by atoms with Crippen molar-refractivity contribution in [3.63, 3.8) is 0 Å². The number of hydrogen-bond donors (Lipinski definition) is 2. The molecule has 0 saturated carbocycles. The number of carbonyl (C=O) groups is 2. The predicted octanol–water partition coefficient (Wildman–Crippen LogP) is 1.07. The number of primary amides is 1. The maximum atomic E-state index is 11.4. The van der Waals surface area contributed by atoms with Crippen LogP contribution in [0.25, 0.3) is 0 Å². The minimum absolute atomic E-state index is 0.113. The van der Waals surface area contributed by atoms with Gasteiger partial charge in [-0.15, -0.1) is 0 Å². The Balaban J connectivity index is 2.06. The summed E-state index contributed by atoms with van der Waals surface area (Å²) in [4.78, 5) is 24.4. The van der Waals surface area contributed by atoms with Crippen LogP contribution in [0.2, 0.25) is 0 Å². The highest BCUT2D eigenvalue weighted by Crippen LogP contribution is 2.28. The van der Waals surface area contributed by atoms with E-state index in [0.29, 0.717) is 25.9 Å². The van der Waals surface area contributed by atoms with Crippen LogP contribution in [0.15, 0.2) is 16.8 Å². The number of rotatable bonds is 4. The van der Waals surface area contributed by atoms with Crippen LogP contribution in [0.3, 0.4) is 0 Å². The van der Waals surface area contributed by atoms with E-state index in [4.69, 9.17) is 5.73 Å². The lowest BCUT2D eigenvalue weighted by Gasteiger charge is -2.34. The zero-order chi connectivity index (χ0) is 13.1. The van der Waals surface area contributed by atoms with Crippen molar-refractivity contribution in [3.05, 3.63) is 22.4 Å². The Kier molecular flexibility index (Phi) is 3.98. The first-order valence-electron chi connectivity index (χ1n) is 5.88. The Hall–Kier alpha value is -1.40. The van der Waals surface area contributed by atoms with Crippen LogP contribution in [-0.4, -0.2) is 35.0 Å². The molecule has 3 N–H and O–H groups in total. The normalized spacial score (nSPS) is 19.6. The van der Waals surface area contributed by atoms with Crippen molar-refractivity contribution in [3.8, 4) is 0 Å². The molecule has 2 rings (SSSR count). The van der Waals surface area contributed by atoms with E-state index in [-0.39, 0.29) is 11.8 Å². The third-order valence-electron chi connectivity index (χ3n) is 3.39. The molecule has 1 aromatic rings. The molecule has 1 amide bonds. The van der Waals surface area contributed by atoms with E-state index in [1.165, 1.54) is 11.3 Å².